The van der Waals surface area contributed by atoms with Gasteiger partial charge in [-0.05, 0) is 71.2 Å². The van der Waals surface area contributed by atoms with E-state index in [1.54, 1.807) is 71.6 Å². The minimum atomic E-state index is -1.73. The van der Waals surface area contributed by atoms with Crippen LogP contribution in [0.15, 0.2) is 46.8 Å². The molecule has 0 saturated carbocycles. The highest BCUT2D eigenvalue weighted by Gasteiger charge is 2.53. The van der Waals surface area contributed by atoms with Crippen LogP contribution < -0.4 is 5.32 Å². The molecule has 0 spiro atoms. The Morgan fingerprint density at radius 3 is 2.15 bits per heavy atom. The van der Waals surface area contributed by atoms with Crippen molar-refractivity contribution in [3.63, 3.8) is 0 Å². The molecule has 0 saturated heterocycles. The van der Waals surface area contributed by atoms with Crippen LogP contribution in [0.25, 0.3) is 6.08 Å². The van der Waals surface area contributed by atoms with Gasteiger partial charge >= 0.3 is 17.9 Å². The summed E-state index contributed by atoms with van der Waals surface area (Å²) in [7, 11) is 1.24. The van der Waals surface area contributed by atoms with Gasteiger partial charge < -0.3 is 24.4 Å². The van der Waals surface area contributed by atoms with Gasteiger partial charge in [-0.25, -0.2) is 4.79 Å². The molecule has 4 rings (SSSR count). The van der Waals surface area contributed by atoms with Crippen LogP contribution >= 0.6 is 0 Å². The summed E-state index contributed by atoms with van der Waals surface area (Å²) in [5.41, 5.74) is 0.709. The zero-order chi connectivity index (χ0) is 28.9. The number of benzene rings is 1. The van der Waals surface area contributed by atoms with Gasteiger partial charge in [-0.15, -0.1) is 0 Å². The summed E-state index contributed by atoms with van der Waals surface area (Å²) in [6.45, 7) is 12.5. The summed E-state index contributed by atoms with van der Waals surface area (Å²) >= 11 is 0. The van der Waals surface area contributed by atoms with E-state index in [-0.39, 0.29) is 18.5 Å². The van der Waals surface area contributed by atoms with Gasteiger partial charge in [0.2, 0.25) is 0 Å². The summed E-state index contributed by atoms with van der Waals surface area (Å²) < 4.78 is 16.4. The normalized spacial score (nSPS) is 16.8. The average molecular weight is 537 g/mol. The zero-order valence-corrected chi connectivity index (χ0v) is 23.8. The van der Waals surface area contributed by atoms with E-state index in [4.69, 9.17) is 14.2 Å². The standard InChI is InChI=1S/C30H36N2O7/c1-9-30(26(35)38-28(2,3)4,27(36)39-29(5,6)7)20-11-10-12-21-19(20)15-17-16-32-22(23(17)31-21)14-13-18(24(32)33)25(34)37-8/h10-13,15,31H,9,14,16H2,1-8H3. The van der Waals surface area contributed by atoms with E-state index in [9.17, 15) is 19.2 Å². The fourth-order valence-electron chi connectivity index (χ4n) is 5.08. The SMILES string of the molecule is CCC(C(=O)OC(C)(C)C)(C(=O)OC(C)(C)C)c1cccc2c1C=C1CN3C(=O)C(C(=O)OC)=CCC3=C1N2. The Bertz CT molecular complexity index is 1320. The van der Waals surface area contributed by atoms with Crippen LogP contribution in [-0.4, -0.2) is 53.6 Å². The number of hydrogen-bond donors (Lipinski definition) is 1. The summed E-state index contributed by atoms with van der Waals surface area (Å²) in [6, 6.07) is 5.38. The molecule has 0 fully saturated rings. The molecule has 1 amide bonds. The molecule has 0 atom stereocenters. The topological polar surface area (TPSA) is 111 Å². The fourth-order valence-corrected chi connectivity index (χ4v) is 5.08. The van der Waals surface area contributed by atoms with Crippen molar-refractivity contribution >= 4 is 35.6 Å². The number of carbonyl (C=O) groups is 4. The van der Waals surface area contributed by atoms with Crippen LogP contribution in [0.1, 0.15) is 72.4 Å². The first kappa shape index (κ1) is 28.1. The molecule has 3 aliphatic rings. The molecule has 9 nitrogen and oxygen atoms in total. The Balaban J connectivity index is 1.84. The molecule has 1 aromatic carbocycles. The van der Waals surface area contributed by atoms with E-state index in [1.807, 2.05) is 12.1 Å². The van der Waals surface area contributed by atoms with E-state index in [1.165, 1.54) is 7.11 Å². The maximum Gasteiger partial charge on any atom is 0.343 e. The third kappa shape index (κ3) is 4.97. The first-order chi connectivity index (χ1) is 18.1. The molecule has 0 unspecified atom stereocenters. The van der Waals surface area contributed by atoms with Crippen LogP contribution in [0.2, 0.25) is 0 Å². The fraction of sp³-hybridized carbons (Fsp3) is 0.467. The number of nitrogens with zero attached hydrogens (tertiary/aromatic N) is 1. The second-order valence-electron chi connectivity index (χ2n) is 11.9. The molecule has 9 heteroatoms. The molecule has 0 radical (unpaired) electrons. The molecule has 1 aromatic rings. The number of esters is 3. The van der Waals surface area contributed by atoms with Crippen molar-refractivity contribution in [1.82, 2.24) is 4.90 Å². The number of hydrogen-bond acceptors (Lipinski definition) is 8. The number of anilines is 1. The van der Waals surface area contributed by atoms with Gasteiger partial charge in [-0.1, -0.05) is 25.1 Å². The first-order valence-corrected chi connectivity index (χ1v) is 13.0. The van der Waals surface area contributed by atoms with Crippen LogP contribution in [0.4, 0.5) is 5.69 Å². The molecule has 0 aliphatic carbocycles. The van der Waals surface area contributed by atoms with Crippen molar-refractivity contribution in [2.24, 2.45) is 0 Å². The number of nitrogens with one attached hydrogen (secondary N) is 1. The van der Waals surface area contributed by atoms with Crippen LogP contribution in [0, 0.1) is 0 Å². The maximum absolute atomic E-state index is 13.9. The van der Waals surface area contributed by atoms with Gasteiger partial charge in [0.25, 0.3) is 5.91 Å². The number of carbonyl (C=O) groups excluding carboxylic acids is 4. The second-order valence-corrected chi connectivity index (χ2v) is 11.9. The van der Waals surface area contributed by atoms with E-state index in [0.717, 1.165) is 17.0 Å². The van der Waals surface area contributed by atoms with Crippen molar-refractivity contribution in [2.75, 3.05) is 19.0 Å². The largest absolute Gasteiger partial charge is 0.465 e. The summed E-state index contributed by atoms with van der Waals surface area (Å²) in [4.78, 5) is 54.4. The lowest BCUT2D eigenvalue weighted by molar-refractivity contribution is -0.178. The monoisotopic (exact) mass is 536 g/mol. The number of methoxy groups -OCH3 is 1. The zero-order valence-electron chi connectivity index (χ0n) is 23.8. The molecular weight excluding hydrogens is 500 g/mol. The third-order valence-corrected chi connectivity index (χ3v) is 6.81. The van der Waals surface area contributed by atoms with Crippen molar-refractivity contribution in [1.29, 1.82) is 0 Å². The van der Waals surface area contributed by atoms with Crippen molar-refractivity contribution < 1.29 is 33.4 Å². The van der Waals surface area contributed by atoms with Crippen molar-refractivity contribution in [2.45, 2.75) is 77.9 Å². The highest BCUT2D eigenvalue weighted by Crippen LogP contribution is 2.45. The van der Waals surface area contributed by atoms with Gasteiger partial charge in [-0.2, -0.15) is 0 Å². The Morgan fingerprint density at radius 1 is 1.00 bits per heavy atom. The lowest BCUT2D eigenvalue weighted by atomic mass is 9.74. The molecule has 0 bridgehead atoms. The molecule has 208 valence electrons. The number of amides is 1. The Labute approximate surface area is 228 Å². The van der Waals surface area contributed by atoms with Crippen LogP contribution in [-0.2, 0) is 38.8 Å². The molecule has 1 N–H and O–H groups in total. The quantitative estimate of drug-likeness (QED) is 0.255. The Kier molecular flexibility index (Phi) is 7.00. The molecule has 3 aliphatic heterocycles. The summed E-state index contributed by atoms with van der Waals surface area (Å²) in [6.07, 6.45) is 3.96. The molecule has 39 heavy (non-hydrogen) atoms. The summed E-state index contributed by atoms with van der Waals surface area (Å²) in [5, 5.41) is 3.42. The number of rotatable bonds is 5. The molecule has 0 aromatic heterocycles. The minimum Gasteiger partial charge on any atom is -0.465 e. The maximum atomic E-state index is 13.9. The van der Waals surface area contributed by atoms with E-state index in [2.05, 4.69) is 5.32 Å². The Morgan fingerprint density at radius 2 is 1.62 bits per heavy atom. The van der Waals surface area contributed by atoms with Gasteiger partial charge in [0.1, 0.15) is 16.8 Å². The van der Waals surface area contributed by atoms with Crippen LogP contribution in [0.5, 0.6) is 0 Å². The highest BCUT2D eigenvalue weighted by molar-refractivity contribution is 6.18. The van der Waals surface area contributed by atoms with Crippen LogP contribution in [0.3, 0.4) is 0 Å². The van der Waals surface area contributed by atoms with Crippen molar-refractivity contribution in [3.8, 4) is 0 Å². The lowest BCUT2D eigenvalue weighted by Crippen LogP contribution is -2.50. The lowest BCUT2D eigenvalue weighted by Gasteiger charge is -2.36. The Hall–Kier alpha value is -3.88. The van der Waals surface area contributed by atoms with Gasteiger partial charge in [0.05, 0.1) is 19.4 Å². The number of ether oxygens (including phenoxy) is 3. The van der Waals surface area contributed by atoms with Crippen molar-refractivity contribution in [3.05, 3.63) is 57.9 Å². The number of fused-ring (bicyclic) bond motifs is 3. The predicted octanol–water partition coefficient (Wildman–Crippen LogP) is 4.38. The average Bonchev–Trinajstić information content (AvgIpc) is 3.19. The summed E-state index contributed by atoms with van der Waals surface area (Å²) in [5.74, 6) is -2.47. The van der Waals surface area contributed by atoms with E-state index >= 15 is 0 Å². The van der Waals surface area contributed by atoms with E-state index < -0.39 is 40.4 Å². The minimum absolute atomic E-state index is 0.000786. The van der Waals surface area contributed by atoms with Gasteiger partial charge in [-0.3, -0.25) is 14.4 Å². The first-order valence-electron chi connectivity index (χ1n) is 13.0. The number of allylic oxidation sites excluding steroid dienone is 1. The van der Waals surface area contributed by atoms with Gasteiger partial charge in [0, 0.05) is 23.4 Å². The molecule has 3 heterocycles. The highest BCUT2D eigenvalue weighted by atomic mass is 16.6. The van der Waals surface area contributed by atoms with E-state index in [0.29, 0.717) is 23.2 Å². The molecular formula is C30H36N2O7. The predicted molar refractivity (Wildman–Crippen MR) is 145 cm³/mol. The second kappa shape index (κ2) is 9.70. The third-order valence-electron chi connectivity index (χ3n) is 6.81. The smallest absolute Gasteiger partial charge is 0.343 e. The van der Waals surface area contributed by atoms with Gasteiger partial charge in [0.15, 0.2) is 5.41 Å².